The summed E-state index contributed by atoms with van der Waals surface area (Å²) in [6.07, 6.45) is 0.815. The second-order valence-corrected chi connectivity index (χ2v) is 4.88. The maximum atomic E-state index is 11.4. The number of nitrogens with one attached hydrogen (secondary N) is 1. The van der Waals surface area contributed by atoms with E-state index in [1.807, 2.05) is 25.1 Å². The quantitative estimate of drug-likeness (QED) is 0.449. The van der Waals surface area contributed by atoms with Gasteiger partial charge in [-0.05, 0) is 36.8 Å². The first-order valence-electron chi connectivity index (χ1n) is 6.42. The molecule has 0 fully saturated rings. The van der Waals surface area contributed by atoms with Gasteiger partial charge in [0.1, 0.15) is 0 Å². The first-order valence-corrected chi connectivity index (χ1v) is 6.42. The number of H-pyrrole nitrogens is 1. The van der Waals surface area contributed by atoms with Crippen molar-refractivity contribution in [3.63, 3.8) is 0 Å². The smallest absolute Gasteiger partial charge is 0.269 e. The maximum absolute atomic E-state index is 11.4. The number of aromatic nitrogens is 1. The van der Waals surface area contributed by atoms with Crippen LogP contribution in [-0.4, -0.2) is 16.2 Å². The fraction of sp³-hybridized carbons (Fsp3) is 0.0625. The van der Waals surface area contributed by atoms with Crippen LogP contribution in [0.1, 0.15) is 15.9 Å². The minimum atomic E-state index is -0.445. The molecular formula is C16H12N2O3. The molecule has 1 aromatic heterocycles. The van der Waals surface area contributed by atoms with E-state index in [-0.39, 0.29) is 5.69 Å². The average molecular weight is 280 g/mol. The molecule has 0 amide bonds. The third-order valence-electron chi connectivity index (χ3n) is 3.48. The molecule has 0 aliphatic heterocycles. The zero-order chi connectivity index (χ0) is 15.0. The summed E-state index contributed by atoms with van der Waals surface area (Å²) in [4.78, 5) is 24.9. The van der Waals surface area contributed by atoms with Gasteiger partial charge in [-0.2, -0.15) is 0 Å². The van der Waals surface area contributed by atoms with E-state index in [2.05, 4.69) is 4.98 Å². The summed E-state index contributed by atoms with van der Waals surface area (Å²) >= 11 is 0. The molecule has 0 unspecified atom stereocenters. The summed E-state index contributed by atoms with van der Waals surface area (Å²) in [6, 6.07) is 12.0. The summed E-state index contributed by atoms with van der Waals surface area (Å²) < 4.78 is 0. The van der Waals surface area contributed by atoms with E-state index >= 15 is 0 Å². The zero-order valence-corrected chi connectivity index (χ0v) is 11.3. The van der Waals surface area contributed by atoms with Crippen molar-refractivity contribution in [3.05, 3.63) is 63.7 Å². The Labute approximate surface area is 120 Å². The van der Waals surface area contributed by atoms with Crippen LogP contribution in [0, 0.1) is 17.0 Å². The molecule has 2 aromatic carbocycles. The van der Waals surface area contributed by atoms with Crippen molar-refractivity contribution < 1.29 is 9.72 Å². The third-order valence-corrected chi connectivity index (χ3v) is 3.48. The molecule has 104 valence electrons. The van der Waals surface area contributed by atoms with Crippen molar-refractivity contribution in [2.75, 3.05) is 0 Å². The Balaban J connectivity index is 2.19. The number of aromatic amines is 1. The van der Waals surface area contributed by atoms with Crippen LogP contribution >= 0.6 is 0 Å². The molecule has 0 aliphatic carbocycles. The molecule has 0 bridgehead atoms. The number of aldehydes is 1. The Morgan fingerprint density at radius 1 is 1.14 bits per heavy atom. The number of benzene rings is 2. The van der Waals surface area contributed by atoms with Crippen LogP contribution in [0.25, 0.3) is 22.2 Å². The largest absolute Gasteiger partial charge is 0.354 e. The molecule has 0 atom stereocenters. The first kappa shape index (κ1) is 13.1. The highest BCUT2D eigenvalue weighted by atomic mass is 16.6. The molecule has 1 heterocycles. The Kier molecular flexibility index (Phi) is 3.02. The second kappa shape index (κ2) is 4.86. The van der Waals surface area contributed by atoms with Crippen LogP contribution in [0.4, 0.5) is 5.69 Å². The van der Waals surface area contributed by atoms with Gasteiger partial charge in [-0.15, -0.1) is 0 Å². The number of nitro groups is 1. The van der Waals surface area contributed by atoms with Crippen molar-refractivity contribution in [2.45, 2.75) is 6.92 Å². The number of nitro benzene ring substituents is 1. The number of carbonyl (C=O) groups excluding carboxylic acids is 1. The predicted molar refractivity (Wildman–Crippen MR) is 80.5 cm³/mol. The molecule has 21 heavy (non-hydrogen) atoms. The monoisotopic (exact) mass is 280 g/mol. The number of carbonyl (C=O) groups is 1. The lowest BCUT2D eigenvalue weighted by atomic mass is 10.0. The van der Waals surface area contributed by atoms with Gasteiger partial charge in [-0.25, -0.2) is 0 Å². The maximum Gasteiger partial charge on any atom is 0.269 e. The van der Waals surface area contributed by atoms with Gasteiger partial charge in [0.25, 0.3) is 5.69 Å². The fourth-order valence-corrected chi connectivity index (χ4v) is 2.43. The molecule has 1 N–H and O–H groups in total. The minimum absolute atomic E-state index is 0.0263. The van der Waals surface area contributed by atoms with E-state index in [9.17, 15) is 14.9 Å². The predicted octanol–water partition coefficient (Wildman–Crippen LogP) is 3.86. The number of fused-ring (bicyclic) bond motifs is 1. The molecule has 5 nitrogen and oxygen atoms in total. The van der Waals surface area contributed by atoms with Crippen LogP contribution in [0.3, 0.4) is 0 Å². The van der Waals surface area contributed by atoms with Crippen LogP contribution < -0.4 is 0 Å². The lowest BCUT2D eigenvalue weighted by molar-refractivity contribution is -0.384. The Bertz CT molecular complexity index is 848. The van der Waals surface area contributed by atoms with Gasteiger partial charge in [-0.3, -0.25) is 14.9 Å². The van der Waals surface area contributed by atoms with E-state index in [1.165, 1.54) is 12.1 Å². The number of non-ortho nitro benzene ring substituents is 1. The van der Waals surface area contributed by atoms with E-state index in [0.29, 0.717) is 11.3 Å². The molecule has 0 aliphatic rings. The number of aryl methyl sites for hydroxylation is 1. The normalized spacial score (nSPS) is 10.7. The third kappa shape index (κ3) is 2.18. The van der Waals surface area contributed by atoms with Crippen molar-refractivity contribution >= 4 is 22.9 Å². The molecule has 5 heteroatoms. The second-order valence-electron chi connectivity index (χ2n) is 4.88. The van der Waals surface area contributed by atoms with Gasteiger partial charge in [0.2, 0.25) is 0 Å². The summed E-state index contributed by atoms with van der Waals surface area (Å²) in [7, 11) is 0. The van der Waals surface area contributed by atoms with Crippen LogP contribution in [0.15, 0.2) is 42.5 Å². The molecule has 0 spiro atoms. The van der Waals surface area contributed by atoms with Crippen molar-refractivity contribution in [1.29, 1.82) is 0 Å². The van der Waals surface area contributed by atoms with Gasteiger partial charge in [0.05, 0.1) is 10.6 Å². The molecule has 3 rings (SSSR count). The van der Waals surface area contributed by atoms with Crippen LogP contribution in [0.2, 0.25) is 0 Å². The van der Waals surface area contributed by atoms with Gasteiger partial charge >= 0.3 is 0 Å². The van der Waals surface area contributed by atoms with E-state index in [0.717, 1.165) is 28.3 Å². The van der Waals surface area contributed by atoms with Gasteiger partial charge in [-0.1, -0.05) is 11.6 Å². The van der Waals surface area contributed by atoms with Crippen molar-refractivity contribution in [1.82, 2.24) is 4.98 Å². The standard InChI is InChI=1S/C16H12N2O3/c1-10-2-7-15-13(8-10)14(9-19)16(17-15)11-3-5-12(6-4-11)18(20)21/h2-9,17H,1H3. The fourth-order valence-electron chi connectivity index (χ4n) is 2.43. The summed E-state index contributed by atoms with van der Waals surface area (Å²) in [5, 5.41) is 11.6. The average Bonchev–Trinajstić information content (AvgIpc) is 2.85. The van der Waals surface area contributed by atoms with Crippen LogP contribution in [0.5, 0.6) is 0 Å². The lowest BCUT2D eigenvalue weighted by Crippen LogP contribution is -1.88. The van der Waals surface area contributed by atoms with Crippen LogP contribution in [-0.2, 0) is 0 Å². The van der Waals surface area contributed by atoms with Gasteiger partial charge in [0.15, 0.2) is 6.29 Å². The van der Waals surface area contributed by atoms with E-state index in [1.54, 1.807) is 12.1 Å². The zero-order valence-electron chi connectivity index (χ0n) is 11.3. The lowest BCUT2D eigenvalue weighted by Gasteiger charge is -1.99. The van der Waals surface area contributed by atoms with Crippen molar-refractivity contribution in [3.8, 4) is 11.3 Å². The minimum Gasteiger partial charge on any atom is -0.354 e. The summed E-state index contributed by atoms with van der Waals surface area (Å²) in [5.74, 6) is 0. The molecule has 3 aromatic rings. The first-order chi connectivity index (χ1) is 10.1. The van der Waals surface area contributed by atoms with Gasteiger partial charge < -0.3 is 4.98 Å². The topological polar surface area (TPSA) is 76.0 Å². The Hall–Kier alpha value is -2.95. The molecule has 0 saturated carbocycles. The SMILES string of the molecule is Cc1ccc2[nH]c(-c3ccc([N+](=O)[O-])cc3)c(C=O)c2c1. The highest BCUT2D eigenvalue weighted by molar-refractivity contribution is 6.04. The number of hydrogen-bond acceptors (Lipinski definition) is 3. The number of hydrogen-bond donors (Lipinski definition) is 1. The number of nitrogens with zero attached hydrogens (tertiary/aromatic N) is 1. The van der Waals surface area contributed by atoms with Gasteiger partial charge in [0, 0.05) is 28.6 Å². The van der Waals surface area contributed by atoms with E-state index < -0.39 is 4.92 Å². The molecule has 0 radical (unpaired) electrons. The molecular weight excluding hydrogens is 268 g/mol. The summed E-state index contributed by atoms with van der Waals surface area (Å²) in [6.45, 7) is 1.96. The van der Waals surface area contributed by atoms with E-state index in [4.69, 9.17) is 0 Å². The summed E-state index contributed by atoms with van der Waals surface area (Å²) in [5.41, 5.74) is 3.97. The number of rotatable bonds is 3. The van der Waals surface area contributed by atoms with Crippen molar-refractivity contribution in [2.24, 2.45) is 0 Å². The highest BCUT2D eigenvalue weighted by Crippen LogP contribution is 2.30. The molecule has 0 saturated heterocycles. The Morgan fingerprint density at radius 3 is 2.48 bits per heavy atom. The Morgan fingerprint density at radius 2 is 1.86 bits per heavy atom. The highest BCUT2D eigenvalue weighted by Gasteiger charge is 2.14.